The topological polar surface area (TPSA) is 78.9 Å². The second-order valence-corrected chi connectivity index (χ2v) is 12.2. The summed E-state index contributed by atoms with van der Waals surface area (Å²) in [5.74, 6) is -2.39. The van der Waals surface area contributed by atoms with Crippen LogP contribution in [0.25, 0.3) is 0 Å². The average Bonchev–Trinajstić information content (AvgIpc) is 3.27. The molecule has 0 aliphatic heterocycles. The Balaban J connectivity index is 0.000000251. The molecule has 4 atom stereocenters. The Morgan fingerprint density at radius 1 is 0.943 bits per heavy atom. The van der Waals surface area contributed by atoms with Crippen LogP contribution in [0.2, 0.25) is 11.6 Å². The minimum atomic E-state index is -3.79. The fraction of sp³-hybridized carbons (Fsp3) is 0.565. The summed E-state index contributed by atoms with van der Waals surface area (Å²) in [6.45, 7) is 5.93. The summed E-state index contributed by atoms with van der Waals surface area (Å²) >= 11 is 0. The third kappa shape index (κ3) is 9.29. The van der Waals surface area contributed by atoms with Gasteiger partial charge in [0.15, 0.2) is 0 Å². The molecule has 0 saturated heterocycles. The molecule has 2 aliphatic carbocycles. The number of benzene rings is 1. The SMILES string of the molecule is [B]C1CC(COS(=O)(=O)c2ccc(C)cc2)C=C1F.[B]C1CC(CP(=O)(OCC)OCC)C=C1F. The summed E-state index contributed by atoms with van der Waals surface area (Å²) in [4.78, 5) is 0.102. The van der Waals surface area contributed by atoms with E-state index in [0.717, 1.165) is 5.56 Å². The molecule has 0 aromatic heterocycles. The predicted octanol–water partition coefficient (Wildman–Crippen LogP) is 5.61. The maximum atomic E-state index is 13.1. The predicted molar refractivity (Wildman–Crippen MR) is 134 cm³/mol. The van der Waals surface area contributed by atoms with Crippen molar-refractivity contribution < 1.29 is 35.0 Å². The Hall–Kier alpha value is -1.25. The molecule has 4 radical (unpaired) electrons. The molecular weight excluding hydrogens is 495 g/mol. The van der Waals surface area contributed by atoms with Crippen molar-refractivity contribution in [2.75, 3.05) is 26.0 Å². The second kappa shape index (κ2) is 13.3. The van der Waals surface area contributed by atoms with Gasteiger partial charge in [-0.3, -0.25) is 8.75 Å². The molecule has 0 heterocycles. The van der Waals surface area contributed by atoms with Gasteiger partial charge in [-0.05, 0) is 75.5 Å². The summed E-state index contributed by atoms with van der Waals surface area (Å²) in [5, 5.41) is 0. The molecule has 6 nitrogen and oxygen atoms in total. The van der Waals surface area contributed by atoms with Gasteiger partial charge >= 0.3 is 7.60 Å². The number of hydrogen-bond acceptors (Lipinski definition) is 6. The van der Waals surface area contributed by atoms with Gasteiger partial charge in [-0.25, -0.2) is 8.78 Å². The zero-order valence-electron chi connectivity index (χ0n) is 20.2. The molecule has 0 spiro atoms. The van der Waals surface area contributed by atoms with E-state index in [1.54, 1.807) is 26.0 Å². The lowest BCUT2D eigenvalue weighted by molar-refractivity contribution is 0.217. The van der Waals surface area contributed by atoms with Gasteiger partial charge in [0.25, 0.3) is 10.1 Å². The van der Waals surface area contributed by atoms with Gasteiger partial charge in [-0.2, -0.15) is 8.42 Å². The zero-order valence-corrected chi connectivity index (χ0v) is 21.9. The highest BCUT2D eigenvalue weighted by atomic mass is 32.2. The van der Waals surface area contributed by atoms with E-state index in [-0.39, 0.29) is 35.3 Å². The Labute approximate surface area is 210 Å². The maximum Gasteiger partial charge on any atom is 0.331 e. The van der Waals surface area contributed by atoms with E-state index in [1.807, 2.05) is 6.92 Å². The fourth-order valence-corrected chi connectivity index (χ4v) is 6.59. The molecule has 0 amide bonds. The normalized spacial score (nSPS) is 24.5. The van der Waals surface area contributed by atoms with Crippen LogP contribution < -0.4 is 0 Å². The highest BCUT2D eigenvalue weighted by Crippen LogP contribution is 2.52. The van der Waals surface area contributed by atoms with Crippen molar-refractivity contribution in [1.82, 2.24) is 0 Å². The van der Waals surface area contributed by atoms with E-state index >= 15 is 0 Å². The second-order valence-electron chi connectivity index (χ2n) is 8.49. The molecule has 0 N–H and O–H groups in total. The van der Waals surface area contributed by atoms with Crippen molar-refractivity contribution in [3.05, 3.63) is 53.6 Å². The Bertz CT molecular complexity index is 1040. The first-order valence-corrected chi connectivity index (χ1v) is 14.6. The highest BCUT2D eigenvalue weighted by Gasteiger charge is 2.32. The minimum Gasteiger partial charge on any atom is -0.309 e. The van der Waals surface area contributed by atoms with Gasteiger partial charge in [0.1, 0.15) is 0 Å². The first-order valence-electron chi connectivity index (χ1n) is 11.5. The Kier molecular flexibility index (Phi) is 11.4. The van der Waals surface area contributed by atoms with Gasteiger partial charge in [0.2, 0.25) is 0 Å². The molecular formula is C23H31B2F2O6PS. The monoisotopic (exact) mass is 526 g/mol. The van der Waals surface area contributed by atoms with E-state index in [4.69, 9.17) is 28.9 Å². The van der Waals surface area contributed by atoms with E-state index in [9.17, 15) is 21.8 Å². The zero-order chi connectivity index (χ0) is 26.2. The fourth-order valence-electron chi connectivity index (χ4n) is 3.73. The lowest BCUT2D eigenvalue weighted by Crippen LogP contribution is -2.12. The van der Waals surface area contributed by atoms with Crippen molar-refractivity contribution in [2.45, 2.75) is 50.1 Å². The number of rotatable bonds is 10. The lowest BCUT2D eigenvalue weighted by Gasteiger charge is -2.19. The number of halogens is 2. The van der Waals surface area contributed by atoms with Crippen LogP contribution in [0.5, 0.6) is 0 Å². The van der Waals surface area contributed by atoms with Crippen LogP contribution >= 0.6 is 7.60 Å². The molecule has 0 bridgehead atoms. The van der Waals surface area contributed by atoms with Crippen molar-refractivity contribution in [1.29, 1.82) is 0 Å². The van der Waals surface area contributed by atoms with E-state index in [2.05, 4.69) is 0 Å². The average molecular weight is 526 g/mol. The third-order valence-electron chi connectivity index (χ3n) is 5.47. The molecule has 1 aromatic rings. The highest BCUT2D eigenvalue weighted by molar-refractivity contribution is 7.86. The third-order valence-corrected chi connectivity index (χ3v) is 8.98. The van der Waals surface area contributed by atoms with Crippen molar-refractivity contribution in [3.8, 4) is 0 Å². The minimum absolute atomic E-state index is 0.0860. The quantitative estimate of drug-likeness (QED) is 0.224. The van der Waals surface area contributed by atoms with Crippen molar-refractivity contribution in [2.24, 2.45) is 11.8 Å². The maximum absolute atomic E-state index is 13.1. The molecule has 190 valence electrons. The van der Waals surface area contributed by atoms with Crippen LogP contribution in [0.15, 0.2) is 53.0 Å². The standard InChI is InChI=1S/C13H14BFO3S.C10H17BFO3P/c1-9-2-4-11(5-3-9)19(16,17)18-8-10-6-12(14)13(15)7-10;1-3-14-16(13,15-4-2)7-8-5-9(11)10(12)6-8/h2-5,7,10,12H,6,8H2,1H3;6,8-9H,3-5,7H2,1-2H3. The van der Waals surface area contributed by atoms with Gasteiger partial charge < -0.3 is 9.05 Å². The van der Waals surface area contributed by atoms with Gasteiger partial charge in [-0.15, -0.1) is 0 Å². The largest absolute Gasteiger partial charge is 0.331 e. The van der Waals surface area contributed by atoms with Gasteiger partial charge in [-0.1, -0.05) is 17.7 Å². The summed E-state index contributed by atoms with van der Waals surface area (Å²) < 4.78 is 77.3. The van der Waals surface area contributed by atoms with Gasteiger partial charge in [0, 0.05) is 5.92 Å². The van der Waals surface area contributed by atoms with Crippen molar-refractivity contribution in [3.63, 3.8) is 0 Å². The summed E-state index contributed by atoms with van der Waals surface area (Å²) in [6.07, 6.45) is 3.80. The first-order chi connectivity index (χ1) is 16.4. The molecule has 35 heavy (non-hydrogen) atoms. The van der Waals surface area contributed by atoms with Crippen LogP contribution in [0.4, 0.5) is 8.78 Å². The van der Waals surface area contributed by atoms with Crippen LogP contribution in [0.1, 0.15) is 32.3 Å². The van der Waals surface area contributed by atoms with Crippen LogP contribution in [0, 0.1) is 18.8 Å². The number of allylic oxidation sites excluding steroid dienone is 3. The van der Waals surface area contributed by atoms with Crippen LogP contribution in [0.3, 0.4) is 0 Å². The molecule has 0 fully saturated rings. The van der Waals surface area contributed by atoms with E-state index in [0.29, 0.717) is 26.1 Å². The molecule has 0 saturated carbocycles. The van der Waals surface area contributed by atoms with Crippen molar-refractivity contribution >= 4 is 33.4 Å². The van der Waals surface area contributed by atoms with Crippen LogP contribution in [-0.2, 0) is 27.9 Å². The molecule has 2 aliphatic rings. The molecule has 4 unspecified atom stereocenters. The van der Waals surface area contributed by atoms with Gasteiger partial charge in [0.05, 0.1) is 58.2 Å². The number of hydrogen-bond donors (Lipinski definition) is 0. The first kappa shape index (κ1) is 30.0. The lowest BCUT2D eigenvalue weighted by atomic mass is 9.85. The summed E-state index contributed by atoms with van der Waals surface area (Å²) in [6, 6.07) is 6.37. The molecule has 3 rings (SSSR count). The summed E-state index contributed by atoms with van der Waals surface area (Å²) in [5.41, 5.74) is 0.964. The molecule has 1 aromatic carbocycles. The smallest absolute Gasteiger partial charge is 0.309 e. The summed E-state index contributed by atoms with van der Waals surface area (Å²) in [7, 11) is 4.13. The van der Waals surface area contributed by atoms with Crippen LogP contribution in [-0.4, -0.2) is 50.1 Å². The van der Waals surface area contributed by atoms with E-state index < -0.39 is 35.2 Å². The number of aryl methyl sites for hydroxylation is 1. The molecule has 12 heteroatoms. The Morgan fingerprint density at radius 2 is 1.43 bits per heavy atom. The van der Waals surface area contributed by atoms with E-state index in [1.165, 1.54) is 24.3 Å². The Morgan fingerprint density at radius 3 is 1.86 bits per heavy atom.